The van der Waals surface area contributed by atoms with E-state index in [1.54, 1.807) is 17.4 Å². The topological polar surface area (TPSA) is 50.9 Å². The van der Waals surface area contributed by atoms with Crippen LogP contribution in [0, 0.1) is 16.3 Å². The van der Waals surface area contributed by atoms with Crippen LogP contribution < -0.4 is 11.3 Å². The van der Waals surface area contributed by atoms with Crippen LogP contribution in [-0.2, 0) is 6.42 Å². The van der Waals surface area contributed by atoms with Crippen molar-refractivity contribution in [3.63, 3.8) is 0 Å². The lowest BCUT2D eigenvalue weighted by Gasteiger charge is -2.16. The average molecular weight is 377 g/mol. The molecule has 1 heterocycles. The van der Waals surface area contributed by atoms with Crippen LogP contribution in [0.2, 0.25) is 0 Å². The van der Waals surface area contributed by atoms with Crippen LogP contribution in [0.25, 0.3) is 0 Å². The summed E-state index contributed by atoms with van der Waals surface area (Å²) in [6, 6.07) is 4.67. The van der Waals surface area contributed by atoms with Gasteiger partial charge in [0.2, 0.25) is 0 Å². The lowest BCUT2D eigenvalue weighted by Crippen LogP contribution is -2.30. The lowest BCUT2D eigenvalue weighted by molar-refractivity contribution is 0.542. The Morgan fingerprint density at radius 2 is 2.33 bits per heavy atom. The molecule has 0 saturated carbocycles. The predicted molar refractivity (Wildman–Crippen MR) is 79.7 cm³/mol. The first-order valence-corrected chi connectivity index (χ1v) is 7.38. The molecule has 0 amide bonds. The second kappa shape index (κ2) is 6.05. The van der Waals surface area contributed by atoms with Gasteiger partial charge < -0.3 is 0 Å². The largest absolute Gasteiger partial charge is 0.271 e. The summed E-state index contributed by atoms with van der Waals surface area (Å²) in [5.74, 6) is 5.36. The van der Waals surface area contributed by atoms with Crippen LogP contribution in [0.15, 0.2) is 23.6 Å². The molecule has 1 atom stereocenters. The van der Waals surface area contributed by atoms with E-state index in [4.69, 9.17) is 5.84 Å². The van der Waals surface area contributed by atoms with Crippen LogP contribution in [0.4, 0.5) is 4.39 Å². The molecule has 0 aliphatic carbocycles. The molecule has 0 aliphatic heterocycles. The number of thiazole rings is 1. The Kier molecular flexibility index (Phi) is 4.66. The molecular formula is C12H13FIN3S. The van der Waals surface area contributed by atoms with Gasteiger partial charge >= 0.3 is 0 Å². The number of nitrogens with zero attached hydrogens (tertiary/aromatic N) is 1. The summed E-state index contributed by atoms with van der Waals surface area (Å²) in [4.78, 5) is 4.42. The second-order valence-corrected chi connectivity index (χ2v) is 6.17. The minimum absolute atomic E-state index is 0.0565. The molecule has 0 spiro atoms. The molecule has 6 heteroatoms. The van der Waals surface area contributed by atoms with Gasteiger partial charge in [0.25, 0.3) is 0 Å². The van der Waals surface area contributed by atoms with Crippen LogP contribution in [-0.4, -0.2) is 4.98 Å². The third-order valence-corrected chi connectivity index (χ3v) is 4.38. The molecule has 0 bridgehead atoms. The van der Waals surface area contributed by atoms with Gasteiger partial charge in [-0.3, -0.25) is 11.3 Å². The Morgan fingerprint density at radius 1 is 1.56 bits per heavy atom. The molecule has 1 unspecified atom stereocenters. The van der Waals surface area contributed by atoms with E-state index in [0.29, 0.717) is 6.42 Å². The fourth-order valence-electron chi connectivity index (χ4n) is 1.75. The number of nitrogens with two attached hydrogens (primary N) is 1. The molecule has 18 heavy (non-hydrogen) atoms. The quantitative estimate of drug-likeness (QED) is 0.490. The Morgan fingerprint density at radius 3 is 2.89 bits per heavy atom. The van der Waals surface area contributed by atoms with Crippen molar-refractivity contribution in [3.8, 4) is 0 Å². The summed E-state index contributed by atoms with van der Waals surface area (Å²) < 4.78 is 13.9. The maximum absolute atomic E-state index is 13.1. The molecule has 2 aromatic rings. The average Bonchev–Trinajstić information content (AvgIpc) is 2.72. The first-order valence-electron chi connectivity index (χ1n) is 5.42. The number of hydrogen-bond donors (Lipinski definition) is 2. The van der Waals surface area contributed by atoms with Crippen molar-refractivity contribution in [2.24, 2.45) is 5.84 Å². The van der Waals surface area contributed by atoms with E-state index in [2.05, 4.69) is 33.0 Å². The summed E-state index contributed by atoms with van der Waals surface area (Å²) in [5.41, 5.74) is 4.77. The maximum atomic E-state index is 13.1. The van der Waals surface area contributed by atoms with E-state index in [1.165, 1.54) is 12.1 Å². The number of halogens is 2. The Balaban J connectivity index is 2.22. The number of nitrogens with one attached hydrogen (secondary N) is 1. The first kappa shape index (κ1) is 13.9. The minimum Gasteiger partial charge on any atom is -0.271 e. The van der Waals surface area contributed by atoms with Crippen LogP contribution in [0.3, 0.4) is 0 Å². The zero-order valence-electron chi connectivity index (χ0n) is 9.78. The van der Waals surface area contributed by atoms with E-state index < -0.39 is 0 Å². The molecule has 96 valence electrons. The lowest BCUT2D eigenvalue weighted by atomic mass is 10.0. The highest BCUT2D eigenvalue weighted by molar-refractivity contribution is 14.1. The van der Waals surface area contributed by atoms with Crippen molar-refractivity contribution in [1.29, 1.82) is 0 Å². The SMILES string of the molecule is Cc1nc(CC(NN)c2ccc(F)cc2I)cs1. The molecule has 3 nitrogen and oxygen atoms in total. The van der Waals surface area contributed by atoms with Crippen LogP contribution in [0.5, 0.6) is 0 Å². The molecule has 0 aliphatic rings. The minimum atomic E-state index is -0.233. The summed E-state index contributed by atoms with van der Waals surface area (Å²) in [6.07, 6.45) is 0.697. The Hall–Kier alpha value is -0.570. The number of hydrogen-bond acceptors (Lipinski definition) is 4. The van der Waals surface area contributed by atoms with Crippen LogP contribution >= 0.6 is 33.9 Å². The normalized spacial score (nSPS) is 12.7. The number of aryl methyl sites for hydroxylation is 1. The molecule has 0 saturated heterocycles. The van der Waals surface area contributed by atoms with Crippen molar-refractivity contribution in [2.45, 2.75) is 19.4 Å². The van der Waals surface area contributed by atoms with Crippen LogP contribution in [0.1, 0.15) is 22.3 Å². The van der Waals surface area contributed by atoms with E-state index in [1.807, 2.05) is 12.3 Å². The third-order valence-electron chi connectivity index (χ3n) is 2.62. The standard InChI is InChI=1S/C12H13FIN3S/c1-7-16-9(6-18-7)5-12(17-15)10-3-2-8(13)4-11(10)14/h2-4,6,12,17H,5,15H2,1H3. The van der Waals surface area contributed by atoms with Gasteiger partial charge in [0, 0.05) is 15.4 Å². The monoisotopic (exact) mass is 377 g/mol. The summed E-state index contributed by atoms with van der Waals surface area (Å²) in [7, 11) is 0. The molecule has 0 radical (unpaired) electrons. The molecular weight excluding hydrogens is 364 g/mol. The van der Waals surface area contributed by atoms with Gasteiger partial charge in [-0.05, 0) is 47.2 Å². The van der Waals surface area contributed by atoms with Crippen molar-refractivity contribution in [3.05, 3.63) is 49.2 Å². The zero-order chi connectivity index (χ0) is 13.1. The Labute approximate surface area is 123 Å². The summed E-state index contributed by atoms with van der Waals surface area (Å²) in [6.45, 7) is 1.97. The summed E-state index contributed by atoms with van der Waals surface area (Å²) in [5, 5.41) is 3.06. The molecule has 3 N–H and O–H groups in total. The maximum Gasteiger partial charge on any atom is 0.124 e. The van der Waals surface area contributed by atoms with Crippen molar-refractivity contribution in [2.75, 3.05) is 0 Å². The fourth-order valence-corrected chi connectivity index (χ4v) is 3.23. The highest BCUT2D eigenvalue weighted by atomic mass is 127. The number of rotatable bonds is 4. The van der Waals surface area contributed by atoms with Gasteiger partial charge in [0.05, 0.1) is 16.7 Å². The van der Waals surface area contributed by atoms with Crippen molar-refractivity contribution >= 4 is 33.9 Å². The van der Waals surface area contributed by atoms with E-state index >= 15 is 0 Å². The number of aromatic nitrogens is 1. The van der Waals surface area contributed by atoms with Crippen molar-refractivity contribution in [1.82, 2.24) is 10.4 Å². The summed E-state index contributed by atoms with van der Waals surface area (Å²) >= 11 is 3.74. The third kappa shape index (κ3) is 3.25. The van der Waals surface area contributed by atoms with Crippen molar-refractivity contribution < 1.29 is 4.39 Å². The fraction of sp³-hybridized carbons (Fsp3) is 0.250. The molecule has 2 rings (SSSR count). The van der Waals surface area contributed by atoms with Gasteiger partial charge in [0.1, 0.15) is 5.82 Å². The van der Waals surface area contributed by atoms with Gasteiger partial charge in [-0.1, -0.05) is 6.07 Å². The van der Waals surface area contributed by atoms with Gasteiger partial charge in [0.15, 0.2) is 0 Å². The van der Waals surface area contributed by atoms with E-state index in [0.717, 1.165) is 19.8 Å². The highest BCUT2D eigenvalue weighted by Crippen LogP contribution is 2.24. The van der Waals surface area contributed by atoms with Gasteiger partial charge in [-0.25, -0.2) is 9.37 Å². The van der Waals surface area contributed by atoms with E-state index in [-0.39, 0.29) is 11.9 Å². The molecule has 1 aromatic carbocycles. The predicted octanol–water partition coefficient (Wildman–Crippen LogP) is 2.94. The number of hydrazine groups is 1. The molecule has 1 aromatic heterocycles. The second-order valence-electron chi connectivity index (χ2n) is 3.95. The molecule has 0 fully saturated rings. The Bertz CT molecular complexity index is 544. The zero-order valence-corrected chi connectivity index (χ0v) is 12.8. The first-order chi connectivity index (χ1) is 8.60. The smallest absolute Gasteiger partial charge is 0.124 e. The van der Waals surface area contributed by atoms with E-state index in [9.17, 15) is 4.39 Å². The number of benzene rings is 1. The van der Waals surface area contributed by atoms with Gasteiger partial charge in [-0.2, -0.15) is 0 Å². The highest BCUT2D eigenvalue weighted by Gasteiger charge is 2.15. The van der Waals surface area contributed by atoms with Gasteiger partial charge in [-0.15, -0.1) is 11.3 Å².